The first-order chi connectivity index (χ1) is 20.7. The number of carbonyl (C=O) groups is 1. The molecule has 0 aliphatic carbocycles. The molecule has 1 atom stereocenters. The number of phenolic OH excluding ortho intramolecular Hbond substituents is 1. The zero-order chi connectivity index (χ0) is 30.6. The first kappa shape index (κ1) is 32.4. The number of carboxylic acids is 1. The van der Waals surface area contributed by atoms with E-state index >= 15 is 0 Å². The number of carboxylic acid groups (broad SMARTS) is 1. The highest BCUT2D eigenvalue weighted by atomic mass is 127. The Morgan fingerprint density at radius 1 is 0.698 bits per heavy atom. The molecule has 0 aliphatic rings. The summed E-state index contributed by atoms with van der Waals surface area (Å²) in [6, 6.07) is 36.6. The van der Waals surface area contributed by atoms with Crippen molar-refractivity contribution in [2.75, 3.05) is 0 Å². The Morgan fingerprint density at radius 3 is 1.51 bits per heavy atom. The van der Waals surface area contributed by atoms with E-state index in [1.54, 1.807) is 12.1 Å². The third kappa shape index (κ3) is 7.31. The number of hydrogen-bond acceptors (Lipinski definition) is 4. The molecule has 0 amide bonds. The van der Waals surface area contributed by atoms with Gasteiger partial charge in [0.2, 0.25) is 0 Å². The van der Waals surface area contributed by atoms with Crippen LogP contribution in [0.4, 0.5) is 0 Å². The van der Waals surface area contributed by atoms with Crippen LogP contribution in [0.2, 0.25) is 0 Å². The Bertz CT molecular complexity index is 1590. The number of ether oxygens (including phenoxy) is 1. The van der Waals surface area contributed by atoms with Crippen LogP contribution in [0.25, 0.3) is 0 Å². The van der Waals surface area contributed by atoms with Gasteiger partial charge in [0.15, 0.2) is 5.75 Å². The Morgan fingerprint density at radius 2 is 1.12 bits per heavy atom. The molecule has 9 heteroatoms. The largest absolute Gasteiger partial charge is 0.506 e. The number of benzene rings is 5. The highest BCUT2D eigenvalue weighted by molar-refractivity contribution is 14.1. The third-order valence-corrected chi connectivity index (χ3v) is 10.3. The van der Waals surface area contributed by atoms with E-state index < -0.39 is 17.6 Å². The van der Waals surface area contributed by atoms with Crippen molar-refractivity contribution < 1.29 is 19.7 Å². The predicted octanol–water partition coefficient (Wildman–Crippen LogP) is 9.18. The van der Waals surface area contributed by atoms with Gasteiger partial charge in [-0.3, -0.25) is 10.1 Å². The van der Waals surface area contributed by atoms with Crippen LogP contribution in [0.1, 0.15) is 22.3 Å². The van der Waals surface area contributed by atoms with E-state index in [1.807, 2.05) is 103 Å². The molecule has 218 valence electrons. The Balaban J connectivity index is 1.54. The van der Waals surface area contributed by atoms with Crippen molar-refractivity contribution in [3.8, 4) is 17.2 Å². The summed E-state index contributed by atoms with van der Waals surface area (Å²) < 4.78 is 9.38. The van der Waals surface area contributed by atoms with Crippen LogP contribution >= 0.6 is 90.4 Å². The number of halogens is 4. The molecule has 0 fully saturated rings. The van der Waals surface area contributed by atoms with Gasteiger partial charge in [0, 0.05) is 0 Å². The number of aromatic hydroxyl groups is 1. The van der Waals surface area contributed by atoms with Crippen LogP contribution in [0.3, 0.4) is 0 Å². The van der Waals surface area contributed by atoms with Gasteiger partial charge in [0.25, 0.3) is 0 Å². The smallest absolute Gasteiger partial charge is 0.321 e. The molecule has 0 heterocycles. The lowest BCUT2D eigenvalue weighted by atomic mass is 9.76. The van der Waals surface area contributed by atoms with Crippen LogP contribution in [-0.4, -0.2) is 22.2 Å². The van der Waals surface area contributed by atoms with Crippen molar-refractivity contribution in [2.24, 2.45) is 0 Å². The number of phenols is 1. The summed E-state index contributed by atoms with van der Waals surface area (Å²) in [4.78, 5) is 12.9. The second-order valence-corrected chi connectivity index (χ2v) is 14.5. The molecule has 5 aromatic rings. The topological polar surface area (TPSA) is 78.8 Å². The predicted molar refractivity (Wildman–Crippen MR) is 203 cm³/mol. The van der Waals surface area contributed by atoms with E-state index in [4.69, 9.17) is 4.74 Å². The molecule has 5 aromatic carbocycles. The second-order valence-electron chi connectivity index (χ2n) is 9.81. The van der Waals surface area contributed by atoms with Crippen molar-refractivity contribution in [2.45, 2.75) is 18.0 Å². The maximum Gasteiger partial charge on any atom is 0.321 e. The van der Waals surface area contributed by atoms with Gasteiger partial charge in [-0.2, -0.15) is 0 Å². The summed E-state index contributed by atoms with van der Waals surface area (Å²) in [5.74, 6) is 0.608. The molecular formula is C34H25I4NO4. The van der Waals surface area contributed by atoms with Crippen LogP contribution in [-0.2, 0) is 16.8 Å². The van der Waals surface area contributed by atoms with Crippen molar-refractivity contribution >= 4 is 96.3 Å². The molecule has 5 nitrogen and oxygen atoms in total. The molecule has 0 radical (unpaired) electrons. The lowest BCUT2D eigenvalue weighted by molar-refractivity contribution is -0.139. The van der Waals surface area contributed by atoms with Gasteiger partial charge in [0.1, 0.15) is 17.5 Å². The first-order valence-corrected chi connectivity index (χ1v) is 17.5. The van der Waals surface area contributed by atoms with Crippen LogP contribution in [0.5, 0.6) is 17.2 Å². The van der Waals surface area contributed by atoms with Gasteiger partial charge in [-0.15, -0.1) is 0 Å². The maximum absolute atomic E-state index is 12.9. The van der Waals surface area contributed by atoms with Crippen molar-refractivity contribution in [3.63, 3.8) is 0 Å². The zero-order valence-corrected chi connectivity index (χ0v) is 31.1. The van der Waals surface area contributed by atoms with Crippen LogP contribution < -0.4 is 10.1 Å². The molecule has 0 bridgehead atoms. The lowest BCUT2D eigenvalue weighted by Crippen LogP contribution is -2.53. The minimum Gasteiger partial charge on any atom is -0.506 e. The Labute approximate surface area is 305 Å². The summed E-state index contributed by atoms with van der Waals surface area (Å²) in [5.41, 5.74) is 2.81. The van der Waals surface area contributed by atoms with Crippen molar-refractivity contribution in [1.29, 1.82) is 0 Å². The maximum atomic E-state index is 12.9. The molecule has 5 rings (SSSR count). The zero-order valence-electron chi connectivity index (χ0n) is 22.5. The first-order valence-electron chi connectivity index (χ1n) is 13.2. The molecule has 0 spiro atoms. The summed E-state index contributed by atoms with van der Waals surface area (Å²) in [5, 5.41) is 24.3. The summed E-state index contributed by atoms with van der Waals surface area (Å²) in [6.45, 7) is 0. The van der Waals surface area contributed by atoms with Gasteiger partial charge < -0.3 is 14.9 Å². The standard InChI is InChI=1S/C34H25I4NO4/c35-26-19-25(20-27(36)31(26)40)43-32-28(37)16-21(17-29(32)38)18-30(33(41)42)39-34(22-10-4-1-5-11-22,23-12-6-2-7-13-23)24-14-8-3-9-15-24/h1-17,19-20,30,39-40H,18H2,(H,41,42). The number of hydrogen-bond donors (Lipinski definition) is 3. The summed E-state index contributed by atoms with van der Waals surface area (Å²) in [7, 11) is 0. The van der Waals surface area contributed by atoms with E-state index in [9.17, 15) is 15.0 Å². The molecule has 43 heavy (non-hydrogen) atoms. The van der Waals surface area contributed by atoms with E-state index in [1.165, 1.54) is 0 Å². The van der Waals surface area contributed by atoms with E-state index in [0.717, 1.165) is 29.4 Å². The fraction of sp³-hybridized carbons (Fsp3) is 0.0882. The Hall–Kier alpha value is -1.95. The van der Waals surface area contributed by atoms with E-state index in [2.05, 4.69) is 95.7 Å². The van der Waals surface area contributed by atoms with Crippen LogP contribution in [0, 0.1) is 14.3 Å². The molecule has 0 saturated carbocycles. The second kappa shape index (κ2) is 14.4. The van der Waals surface area contributed by atoms with Crippen LogP contribution in [0.15, 0.2) is 115 Å². The SMILES string of the molecule is O=C(O)C(Cc1cc(I)c(Oc2cc(I)c(O)c(I)c2)c(I)c1)NC(c1ccccc1)(c1ccccc1)c1ccccc1. The summed E-state index contributed by atoms with van der Waals surface area (Å²) >= 11 is 8.63. The van der Waals surface area contributed by atoms with Gasteiger partial charge in [-0.25, -0.2) is 0 Å². The molecule has 0 saturated heterocycles. The normalized spacial score (nSPS) is 12.1. The van der Waals surface area contributed by atoms with Gasteiger partial charge >= 0.3 is 5.97 Å². The monoisotopic (exact) mass is 1020 g/mol. The van der Waals surface area contributed by atoms with E-state index in [-0.39, 0.29) is 12.2 Å². The fourth-order valence-electron chi connectivity index (χ4n) is 5.06. The number of aliphatic carboxylic acids is 1. The average Bonchev–Trinajstić information content (AvgIpc) is 3.01. The minimum atomic E-state index is -0.939. The van der Waals surface area contributed by atoms with Gasteiger partial charge in [0.05, 0.1) is 19.8 Å². The molecule has 3 N–H and O–H groups in total. The van der Waals surface area contributed by atoms with E-state index in [0.29, 0.717) is 18.6 Å². The quantitative estimate of drug-likeness (QED) is 0.0962. The third-order valence-electron chi connectivity index (χ3n) is 7.02. The number of rotatable bonds is 10. The van der Waals surface area contributed by atoms with Crippen molar-refractivity contribution in [3.05, 3.63) is 152 Å². The minimum absolute atomic E-state index is 0.234. The molecule has 1 unspecified atom stereocenters. The Kier molecular flexibility index (Phi) is 10.9. The molecule has 0 aromatic heterocycles. The highest BCUT2D eigenvalue weighted by Crippen LogP contribution is 2.39. The fourth-order valence-corrected chi connectivity index (χ4v) is 8.89. The highest BCUT2D eigenvalue weighted by Gasteiger charge is 2.40. The van der Waals surface area contributed by atoms with Gasteiger partial charge in [-0.05, 0) is 143 Å². The molecular weight excluding hydrogens is 994 g/mol. The lowest BCUT2D eigenvalue weighted by Gasteiger charge is -2.39. The van der Waals surface area contributed by atoms with Gasteiger partial charge in [-0.1, -0.05) is 91.0 Å². The van der Waals surface area contributed by atoms with Crippen molar-refractivity contribution in [1.82, 2.24) is 5.32 Å². The summed E-state index contributed by atoms with van der Waals surface area (Å²) in [6.07, 6.45) is 0.255. The molecule has 0 aliphatic heterocycles. The average molecular weight is 1020 g/mol. The number of nitrogens with one attached hydrogen (secondary N) is 1.